The molecular formula is C35H36N4O3. The predicted molar refractivity (Wildman–Crippen MR) is 162 cm³/mol. The number of hydrogen-bond donors (Lipinski definition) is 0. The number of carbonyl (C=O) groups is 1. The third-order valence-electron chi connectivity index (χ3n) is 9.99. The van der Waals surface area contributed by atoms with E-state index < -0.39 is 5.41 Å². The minimum atomic E-state index is -0.481. The Morgan fingerprint density at radius 3 is 2.40 bits per heavy atom. The number of rotatable bonds is 7. The fraction of sp³-hybridized carbons (Fsp3) is 0.371. The molecule has 2 saturated carbocycles. The molecule has 3 heterocycles. The first-order chi connectivity index (χ1) is 20.5. The van der Waals surface area contributed by atoms with Crippen LogP contribution in [0, 0.1) is 5.41 Å². The number of carbonyl (C=O) groups excluding carboxylic acids is 1. The van der Waals surface area contributed by atoms with E-state index >= 15 is 0 Å². The van der Waals surface area contributed by atoms with Gasteiger partial charge in [-0.05, 0) is 86.3 Å². The van der Waals surface area contributed by atoms with Crippen LogP contribution < -0.4 is 14.4 Å². The number of anilines is 1. The van der Waals surface area contributed by atoms with Crippen molar-refractivity contribution >= 4 is 11.6 Å². The number of para-hydroxylation sites is 1. The van der Waals surface area contributed by atoms with E-state index in [-0.39, 0.29) is 12.0 Å². The zero-order valence-electron chi connectivity index (χ0n) is 24.3. The van der Waals surface area contributed by atoms with E-state index in [0.29, 0.717) is 12.0 Å². The largest absolute Gasteiger partial charge is 0.497 e. The highest BCUT2D eigenvalue weighted by molar-refractivity contribution is 6.10. The van der Waals surface area contributed by atoms with Gasteiger partial charge >= 0.3 is 0 Å². The fourth-order valence-electron chi connectivity index (χ4n) is 7.86. The Labute approximate surface area is 246 Å². The first kappa shape index (κ1) is 25.6. The van der Waals surface area contributed by atoms with Crippen LogP contribution in [0.15, 0.2) is 79.0 Å². The lowest BCUT2D eigenvalue weighted by atomic mass is 9.62. The number of aromatic nitrogens is 2. The van der Waals surface area contributed by atoms with Crippen molar-refractivity contribution in [3.05, 3.63) is 90.1 Å². The molecule has 7 nitrogen and oxygen atoms in total. The monoisotopic (exact) mass is 560 g/mol. The Morgan fingerprint density at radius 1 is 0.976 bits per heavy atom. The van der Waals surface area contributed by atoms with Crippen LogP contribution in [0.3, 0.4) is 0 Å². The highest BCUT2D eigenvalue weighted by Gasteiger charge is 2.57. The van der Waals surface area contributed by atoms with Crippen molar-refractivity contribution in [3.8, 4) is 28.4 Å². The molecule has 0 atom stereocenters. The fourth-order valence-corrected chi connectivity index (χ4v) is 7.86. The summed E-state index contributed by atoms with van der Waals surface area (Å²) in [5.74, 6) is 1.83. The minimum Gasteiger partial charge on any atom is -0.497 e. The van der Waals surface area contributed by atoms with E-state index in [4.69, 9.17) is 9.47 Å². The minimum absolute atomic E-state index is 0.160. The Hall–Kier alpha value is -4.10. The summed E-state index contributed by atoms with van der Waals surface area (Å²) in [4.78, 5) is 18.7. The third kappa shape index (κ3) is 3.90. The van der Waals surface area contributed by atoms with Crippen LogP contribution in [0.25, 0.3) is 16.9 Å². The smallest absolute Gasteiger partial charge is 0.238 e. The number of fused-ring (bicyclic) bond motifs is 2. The number of benzene rings is 3. The molecule has 2 aliphatic carbocycles. The Balaban J connectivity index is 1.23. The highest BCUT2D eigenvalue weighted by Crippen LogP contribution is 2.58. The first-order valence-electron chi connectivity index (χ1n) is 15.1. The van der Waals surface area contributed by atoms with E-state index in [9.17, 15) is 4.79 Å². The van der Waals surface area contributed by atoms with Crippen LogP contribution in [0.4, 0.5) is 5.69 Å². The average Bonchev–Trinajstić information content (AvgIpc) is 3.53. The van der Waals surface area contributed by atoms with Gasteiger partial charge in [0.05, 0.1) is 42.3 Å². The number of hydrogen-bond acceptors (Lipinski definition) is 5. The molecule has 4 aliphatic rings. The SMILES string of the molecule is COc1ccc(CN2C(=O)C3(CCC3)c3cc(-c4ccnn4-c4ccccc4)cc(OC4CC5(C4)CN(C)C5)c32)cc1. The second kappa shape index (κ2) is 9.46. The van der Waals surface area contributed by atoms with Gasteiger partial charge < -0.3 is 19.3 Å². The molecule has 42 heavy (non-hydrogen) atoms. The molecule has 2 spiro atoms. The topological polar surface area (TPSA) is 59.8 Å². The van der Waals surface area contributed by atoms with Crippen molar-refractivity contribution in [2.45, 2.75) is 50.2 Å². The summed E-state index contributed by atoms with van der Waals surface area (Å²) in [5, 5.41) is 4.67. The maximum atomic E-state index is 14.3. The maximum Gasteiger partial charge on any atom is 0.238 e. The molecule has 1 amide bonds. The normalized spacial score (nSPS) is 20.2. The lowest BCUT2D eigenvalue weighted by Crippen LogP contribution is -2.63. The molecule has 8 rings (SSSR count). The van der Waals surface area contributed by atoms with Gasteiger partial charge in [0.15, 0.2) is 0 Å². The molecule has 7 heteroatoms. The quantitative estimate of drug-likeness (QED) is 0.278. The van der Waals surface area contributed by atoms with Gasteiger partial charge in [-0.2, -0.15) is 5.10 Å². The molecule has 2 aliphatic heterocycles. The first-order valence-corrected chi connectivity index (χ1v) is 15.1. The summed E-state index contributed by atoms with van der Waals surface area (Å²) >= 11 is 0. The Morgan fingerprint density at radius 2 is 1.74 bits per heavy atom. The molecule has 214 valence electrons. The van der Waals surface area contributed by atoms with E-state index in [2.05, 4.69) is 47.4 Å². The summed E-state index contributed by atoms with van der Waals surface area (Å²) in [6.45, 7) is 2.80. The lowest BCUT2D eigenvalue weighted by molar-refractivity contribution is -0.126. The molecule has 0 unspecified atom stereocenters. The van der Waals surface area contributed by atoms with Crippen molar-refractivity contribution in [3.63, 3.8) is 0 Å². The van der Waals surface area contributed by atoms with Gasteiger partial charge in [0.2, 0.25) is 5.91 Å². The zero-order chi connectivity index (χ0) is 28.5. The van der Waals surface area contributed by atoms with Crippen LogP contribution in [-0.2, 0) is 16.8 Å². The molecule has 0 bridgehead atoms. The van der Waals surface area contributed by atoms with E-state index in [0.717, 1.165) is 90.5 Å². The average molecular weight is 561 g/mol. The van der Waals surface area contributed by atoms with Crippen LogP contribution in [0.2, 0.25) is 0 Å². The number of likely N-dealkylation sites (tertiary alicyclic amines) is 1. The van der Waals surface area contributed by atoms with Crippen LogP contribution >= 0.6 is 0 Å². The molecule has 3 fully saturated rings. The van der Waals surface area contributed by atoms with Crippen LogP contribution in [0.1, 0.15) is 43.2 Å². The van der Waals surface area contributed by atoms with E-state index in [1.165, 1.54) is 0 Å². The van der Waals surface area contributed by atoms with Crippen molar-refractivity contribution in [2.75, 3.05) is 32.1 Å². The zero-order valence-corrected chi connectivity index (χ0v) is 24.3. The van der Waals surface area contributed by atoms with Crippen molar-refractivity contribution in [1.82, 2.24) is 14.7 Å². The van der Waals surface area contributed by atoms with Gasteiger partial charge in [-0.3, -0.25) is 4.79 Å². The summed E-state index contributed by atoms with van der Waals surface area (Å²) in [5.41, 5.74) is 6.10. The second-order valence-electron chi connectivity index (χ2n) is 12.8. The molecule has 3 aromatic carbocycles. The lowest BCUT2D eigenvalue weighted by Gasteiger charge is -2.57. The second-order valence-corrected chi connectivity index (χ2v) is 12.8. The van der Waals surface area contributed by atoms with Crippen LogP contribution in [-0.4, -0.2) is 53.9 Å². The molecule has 0 radical (unpaired) electrons. The van der Waals surface area contributed by atoms with Gasteiger partial charge in [-0.15, -0.1) is 0 Å². The van der Waals surface area contributed by atoms with Gasteiger partial charge in [0, 0.05) is 24.1 Å². The van der Waals surface area contributed by atoms with Gasteiger partial charge in [-0.25, -0.2) is 4.68 Å². The number of methoxy groups -OCH3 is 1. The highest BCUT2D eigenvalue weighted by atomic mass is 16.5. The molecule has 4 aromatic rings. The van der Waals surface area contributed by atoms with E-state index in [1.54, 1.807) is 7.11 Å². The van der Waals surface area contributed by atoms with Gasteiger partial charge in [0.1, 0.15) is 17.6 Å². The van der Waals surface area contributed by atoms with Crippen molar-refractivity contribution in [2.24, 2.45) is 5.41 Å². The van der Waals surface area contributed by atoms with Gasteiger partial charge in [0.25, 0.3) is 0 Å². The summed E-state index contributed by atoms with van der Waals surface area (Å²) in [7, 11) is 3.86. The van der Waals surface area contributed by atoms with Crippen LogP contribution in [0.5, 0.6) is 11.5 Å². The summed E-state index contributed by atoms with van der Waals surface area (Å²) in [6, 6.07) is 24.7. The number of amides is 1. The molecule has 0 N–H and O–H groups in total. The molecule has 1 saturated heterocycles. The Bertz CT molecular complexity index is 1640. The van der Waals surface area contributed by atoms with Crippen molar-refractivity contribution < 1.29 is 14.3 Å². The standard InChI is InChI=1S/C35H36N4O3/c1-37-22-34(23-37)19-28(20-34)42-31-18-25(30-13-16-36-39(30)26-7-4-3-5-8-26)17-29-32(31)38(33(40)35(29)14-6-15-35)21-24-9-11-27(41-2)12-10-24/h3-5,7-13,16-18,28H,6,14-15,19-23H2,1-2H3. The van der Waals surface area contributed by atoms with Gasteiger partial charge in [-0.1, -0.05) is 36.8 Å². The number of ether oxygens (including phenoxy) is 2. The molecule has 1 aromatic heterocycles. The number of nitrogens with zero attached hydrogens (tertiary/aromatic N) is 4. The predicted octanol–water partition coefficient (Wildman–Crippen LogP) is 5.99. The van der Waals surface area contributed by atoms with Crippen molar-refractivity contribution in [1.29, 1.82) is 0 Å². The third-order valence-corrected chi connectivity index (χ3v) is 9.99. The Kier molecular flexibility index (Phi) is 5.77. The van der Waals surface area contributed by atoms with E-state index in [1.807, 2.05) is 58.2 Å². The summed E-state index contributed by atoms with van der Waals surface area (Å²) < 4.78 is 14.3. The maximum absolute atomic E-state index is 14.3. The molecular weight excluding hydrogens is 524 g/mol. The summed E-state index contributed by atoms with van der Waals surface area (Å²) in [6.07, 6.45) is 6.94.